The van der Waals surface area contributed by atoms with Gasteiger partial charge in [0.2, 0.25) is 0 Å². The van der Waals surface area contributed by atoms with Crippen LogP contribution in [0.15, 0.2) is 71.6 Å². The van der Waals surface area contributed by atoms with Crippen molar-refractivity contribution in [2.75, 3.05) is 6.61 Å². The molecule has 6 nitrogen and oxygen atoms in total. The van der Waals surface area contributed by atoms with Gasteiger partial charge >= 0.3 is 0 Å². The monoisotopic (exact) mass is 516 g/mol. The van der Waals surface area contributed by atoms with Crippen molar-refractivity contribution >= 4 is 50.0 Å². The number of nitrogens with one attached hydrogen (secondary N) is 1. The minimum atomic E-state index is -4.10. The Balaban J connectivity index is 1.59. The van der Waals surface area contributed by atoms with Gasteiger partial charge in [0, 0.05) is 20.9 Å². The van der Waals surface area contributed by atoms with Crippen molar-refractivity contribution in [3.8, 4) is 5.75 Å². The van der Waals surface area contributed by atoms with Crippen LogP contribution in [0.1, 0.15) is 21.6 Å². The normalized spacial score (nSPS) is 11.5. The number of hydrogen-bond acceptors (Lipinski definition) is 4. The molecule has 4 rings (SSSR count). The van der Waals surface area contributed by atoms with Crippen LogP contribution < -0.4 is 9.46 Å². The van der Waals surface area contributed by atoms with E-state index in [9.17, 15) is 13.2 Å². The maximum atomic E-state index is 13.1. The van der Waals surface area contributed by atoms with Gasteiger partial charge in [-0.3, -0.25) is 4.79 Å². The van der Waals surface area contributed by atoms with Crippen LogP contribution >= 0.6 is 23.2 Å². The van der Waals surface area contributed by atoms with Crippen molar-refractivity contribution in [1.29, 1.82) is 0 Å². The molecule has 0 bridgehead atoms. The number of carbonyl (C=O) groups excluding carboxylic acids is 1. The van der Waals surface area contributed by atoms with Gasteiger partial charge in [-0.1, -0.05) is 47.5 Å². The van der Waals surface area contributed by atoms with Crippen molar-refractivity contribution in [2.45, 2.75) is 25.3 Å². The van der Waals surface area contributed by atoms with Crippen LogP contribution in [0.5, 0.6) is 5.75 Å². The van der Waals surface area contributed by atoms with Gasteiger partial charge in [-0.15, -0.1) is 0 Å². The molecule has 0 radical (unpaired) electrons. The molecule has 9 heteroatoms. The van der Waals surface area contributed by atoms with Crippen molar-refractivity contribution in [3.05, 3.63) is 93.6 Å². The number of carbonyl (C=O) groups is 1. The van der Waals surface area contributed by atoms with Gasteiger partial charge in [0.1, 0.15) is 18.1 Å². The number of hydrogen-bond donors (Lipinski definition) is 1. The Morgan fingerprint density at radius 2 is 1.68 bits per heavy atom. The number of benzene rings is 3. The SMILES string of the molecule is Cc1cc(OCCn2c(C(=O)NS(=O)(=O)c3cccc(Cl)c3)cc3ccccc32)cc(C)c1Cl. The lowest BCUT2D eigenvalue weighted by molar-refractivity contribution is 0.0972. The molecule has 0 aliphatic heterocycles. The Morgan fingerprint density at radius 3 is 2.38 bits per heavy atom. The molecular formula is C25H22Cl2N2O4S. The van der Waals surface area contributed by atoms with Crippen LogP contribution in [0, 0.1) is 13.8 Å². The Kier molecular flexibility index (Phi) is 6.89. The molecule has 3 aromatic carbocycles. The highest BCUT2D eigenvalue weighted by molar-refractivity contribution is 7.90. The molecule has 1 aromatic heterocycles. The van der Waals surface area contributed by atoms with Crippen molar-refractivity contribution in [2.24, 2.45) is 0 Å². The quantitative estimate of drug-likeness (QED) is 0.338. The first kappa shape index (κ1) is 24.1. The predicted molar refractivity (Wildman–Crippen MR) is 134 cm³/mol. The summed E-state index contributed by atoms with van der Waals surface area (Å²) in [5.74, 6) is -0.0697. The summed E-state index contributed by atoms with van der Waals surface area (Å²) in [6.07, 6.45) is 0. The smallest absolute Gasteiger partial charge is 0.281 e. The average Bonchev–Trinajstić information content (AvgIpc) is 3.16. The van der Waals surface area contributed by atoms with E-state index in [-0.39, 0.29) is 22.2 Å². The van der Waals surface area contributed by atoms with E-state index < -0.39 is 15.9 Å². The fraction of sp³-hybridized carbons (Fsp3) is 0.160. The highest BCUT2D eigenvalue weighted by atomic mass is 35.5. The van der Waals surface area contributed by atoms with Gasteiger partial charge in [-0.25, -0.2) is 13.1 Å². The van der Waals surface area contributed by atoms with Gasteiger partial charge in [-0.2, -0.15) is 0 Å². The summed E-state index contributed by atoms with van der Waals surface area (Å²) in [6.45, 7) is 4.41. The average molecular weight is 517 g/mol. The molecule has 4 aromatic rings. The molecule has 0 atom stereocenters. The molecule has 0 aliphatic rings. The van der Waals surface area contributed by atoms with Crippen LogP contribution in [-0.4, -0.2) is 25.5 Å². The minimum Gasteiger partial charge on any atom is -0.492 e. The summed E-state index contributed by atoms with van der Waals surface area (Å²) in [5, 5.41) is 1.77. The van der Waals surface area contributed by atoms with Crippen LogP contribution in [0.3, 0.4) is 0 Å². The molecule has 0 spiro atoms. The maximum absolute atomic E-state index is 13.1. The van der Waals surface area contributed by atoms with Crippen molar-refractivity contribution in [3.63, 3.8) is 0 Å². The Labute approximate surface area is 208 Å². The number of amides is 1. The number of rotatable bonds is 7. The summed E-state index contributed by atoms with van der Waals surface area (Å²) >= 11 is 12.1. The van der Waals surface area contributed by atoms with Crippen LogP contribution in [0.25, 0.3) is 10.9 Å². The lowest BCUT2D eigenvalue weighted by Crippen LogP contribution is -2.32. The fourth-order valence-electron chi connectivity index (χ4n) is 3.75. The van der Waals surface area contributed by atoms with Crippen molar-refractivity contribution in [1.82, 2.24) is 9.29 Å². The maximum Gasteiger partial charge on any atom is 0.281 e. The van der Waals surface area contributed by atoms with E-state index >= 15 is 0 Å². The lowest BCUT2D eigenvalue weighted by atomic mass is 10.1. The Hall–Kier alpha value is -3.00. The van der Waals surface area contributed by atoms with E-state index in [1.165, 1.54) is 18.2 Å². The second kappa shape index (κ2) is 9.70. The molecule has 0 unspecified atom stereocenters. The summed E-state index contributed by atoms with van der Waals surface area (Å²) in [5.41, 5.74) is 2.82. The predicted octanol–water partition coefficient (Wildman–Crippen LogP) is 5.76. The van der Waals surface area contributed by atoms with E-state index in [4.69, 9.17) is 27.9 Å². The second-order valence-electron chi connectivity index (χ2n) is 7.85. The largest absolute Gasteiger partial charge is 0.492 e. The third kappa shape index (κ3) is 5.06. The van der Waals surface area contributed by atoms with E-state index in [2.05, 4.69) is 4.72 Å². The van der Waals surface area contributed by atoms with E-state index in [0.29, 0.717) is 17.3 Å². The van der Waals surface area contributed by atoms with Crippen LogP contribution in [0.2, 0.25) is 10.0 Å². The molecular weight excluding hydrogens is 495 g/mol. The van der Waals surface area contributed by atoms with E-state index in [1.807, 2.05) is 50.2 Å². The first-order valence-corrected chi connectivity index (χ1v) is 12.7. The summed E-state index contributed by atoms with van der Waals surface area (Å²) in [6, 6.07) is 18.5. The number of para-hydroxylation sites is 1. The first-order valence-electron chi connectivity index (χ1n) is 10.5. The van der Waals surface area contributed by atoms with Gasteiger partial charge in [-0.05, 0) is 67.4 Å². The number of aryl methyl sites for hydroxylation is 2. The Morgan fingerprint density at radius 1 is 0.971 bits per heavy atom. The van der Waals surface area contributed by atoms with Gasteiger partial charge in [0.15, 0.2) is 0 Å². The Bertz CT molecular complexity index is 1470. The van der Waals surface area contributed by atoms with Gasteiger partial charge < -0.3 is 9.30 Å². The zero-order valence-corrected chi connectivity index (χ0v) is 20.8. The van der Waals surface area contributed by atoms with Gasteiger partial charge in [0.25, 0.3) is 15.9 Å². The molecule has 176 valence electrons. The van der Waals surface area contributed by atoms with E-state index in [0.717, 1.165) is 22.0 Å². The minimum absolute atomic E-state index is 0.0900. The molecule has 1 heterocycles. The fourth-order valence-corrected chi connectivity index (χ4v) is 5.12. The molecule has 34 heavy (non-hydrogen) atoms. The molecule has 0 saturated heterocycles. The third-order valence-electron chi connectivity index (χ3n) is 5.37. The van der Waals surface area contributed by atoms with Crippen LogP contribution in [-0.2, 0) is 16.6 Å². The summed E-state index contributed by atoms with van der Waals surface area (Å²) in [4.78, 5) is 13.0. The number of ether oxygens (including phenoxy) is 1. The standard InChI is InChI=1S/C25H22Cl2N2O4S/c1-16-12-20(13-17(2)24(16)27)33-11-10-29-22-9-4-3-6-18(22)14-23(29)25(30)28-34(31,32)21-8-5-7-19(26)15-21/h3-9,12-15H,10-11H2,1-2H3,(H,28,30). The topological polar surface area (TPSA) is 77.4 Å². The molecule has 0 saturated carbocycles. The van der Waals surface area contributed by atoms with Gasteiger partial charge in [0.05, 0.1) is 11.4 Å². The molecule has 1 amide bonds. The number of fused-ring (bicyclic) bond motifs is 1. The summed E-state index contributed by atoms with van der Waals surface area (Å²) < 4.78 is 35.3. The van der Waals surface area contributed by atoms with E-state index in [1.54, 1.807) is 16.7 Å². The number of aromatic nitrogens is 1. The number of halogens is 2. The zero-order valence-electron chi connectivity index (χ0n) is 18.5. The highest BCUT2D eigenvalue weighted by Crippen LogP contribution is 2.26. The lowest BCUT2D eigenvalue weighted by Gasteiger charge is -2.14. The number of sulfonamides is 1. The first-order chi connectivity index (χ1) is 16.2. The zero-order chi connectivity index (χ0) is 24.5. The van der Waals surface area contributed by atoms with Crippen LogP contribution in [0.4, 0.5) is 0 Å². The third-order valence-corrected chi connectivity index (χ3v) is 7.53. The number of nitrogens with zero attached hydrogens (tertiary/aromatic N) is 1. The van der Waals surface area contributed by atoms with Crippen molar-refractivity contribution < 1.29 is 17.9 Å². The molecule has 1 N–H and O–H groups in total. The highest BCUT2D eigenvalue weighted by Gasteiger charge is 2.22. The molecule has 0 fully saturated rings. The summed E-state index contributed by atoms with van der Waals surface area (Å²) in [7, 11) is -4.10. The second-order valence-corrected chi connectivity index (χ2v) is 10.3. The molecule has 0 aliphatic carbocycles.